The van der Waals surface area contributed by atoms with Crippen molar-refractivity contribution in [3.8, 4) is 0 Å². The fourth-order valence-electron chi connectivity index (χ4n) is 1.44. The number of nitrogens with one attached hydrogen (secondary N) is 1. The molecule has 1 fully saturated rings. The smallest absolute Gasteiger partial charge is 0.230 e. The molecule has 4 heteroatoms. The van der Waals surface area contributed by atoms with E-state index < -0.39 is 0 Å². The molecule has 80 valence electrons. The summed E-state index contributed by atoms with van der Waals surface area (Å²) in [7, 11) is 0. The first-order valence-corrected chi connectivity index (χ1v) is 5.50. The molecule has 0 heterocycles. The molecule has 1 aliphatic carbocycles. The molecule has 14 heavy (non-hydrogen) atoms. The lowest BCUT2D eigenvalue weighted by molar-refractivity contribution is -0.124. The summed E-state index contributed by atoms with van der Waals surface area (Å²) in [4.78, 5) is 12.0. The second-order valence-corrected chi connectivity index (χ2v) is 4.78. The van der Waals surface area contributed by atoms with Crippen LogP contribution in [0.4, 0.5) is 0 Å². The number of thiocarbonyl (C=S) groups is 1. The van der Waals surface area contributed by atoms with E-state index >= 15 is 0 Å². The van der Waals surface area contributed by atoms with Gasteiger partial charge in [0.1, 0.15) is 0 Å². The molecule has 0 aromatic heterocycles. The molecule has 1 rings (SSSR count). The number of carbonyl (C=O) groups is 1. The van der Waals surface area contributed by atoms with Gasteiger partial charge in [0.2, 0.25) is 5.91 Å². The molecule has 0 spiro atoms. The molecule has 1 unspecified atom stereocenters. The monoisotopic (exact) mass is 214 g/mol. The van der Waals surface area contributed by atoms with Gasteiger partial charge in [-0.15, -0.1) is 0 Å². The Balaban J connectivity index is 2.40. The van der Waals surface area contributed by atoms with Crippen LogP contribution >= 0.6 is 12.2 Å². The van der Waals surface area contributed by atoms with Crippen molar-refractivity contribution < 1.29 is 4.79 Å². The van der Waals surface area contributed by atoms with Gasteiger partial charge in [-0.2, -0.15) is 0 Å². The number of amides is 1. The van der Waals surface area contributed by atoms with Gasteiger partial charge in [0.05, 0.1) is 10.9 Å². The van der Waals surface area contributed by atoms with Crippen molar-refractivity contribution in [2.45, 2.75) is 26.7 Å². The Bertz CT molecular complexity index is 236. The predicted molar refractivity (Wildman–Crippen MR) is 60.8 cm³/mol. The van der Waals surface area contributed by atoms with Crippen LogP contribution in [-0.4, -0.2) is 17.4 Å². The third-order valence-electron chi connectivity index (χ3n) is 2.52. The Morgan fingerprint density at radius 1 is 1.57 bits per heavy atom. The average Bonchev–Trinajstić information content (AvgIpc) is 2.81. The van der Waals surface area contributed by atoms with E-state index in [1.807, 2.05) is 13.8 Å². The lowest BCUT2D eigenvalue weighted by atomic mass is 9.95. The van der Waals surface area contributed by atoms with Gasteiger partial charge in [0, 0.05) is 6.54 Å². The van der Waals surface area contributed by atoms with E-state index in [1.54, 1.807) is 0 Å². The summed E-state index contributed by atoms with van der Waals surface area (Å²) in [6, 6.07) is 0. The van der Waals surface area contributed by atoms with Crippen molar-refractivity contribution in [3.63, 3.8) is 0 Å². The highest BCUT2D eigenvalue weighted by molar-refractivity contribution is 7.80. The summed E-state index contributed by atoms with van der Waals surface area (Å²) in [6.07, 6.45) is 2.47. The van der Waals surface area contributed by atoms with Crippen LogP contribution < -0.4 is 11.1 Å². The van der Waals surface area contributed by atoms with Crippen LogP contribution in [0.25, 0.3) is 0 Å². The van der Waals surface area contributed by atoms with Crippen LogP contribution in [0.15, 0.2) is 0 Å². The average molecular weight is 214 g/mol. The van der Waals surface area contributed by atoms with Crippen LogP contribution in [-0.2, 0) is 4.79 Å². The quantitative estimate of drug-likeness (QED) is 0.673. The number of hydrogen-bond acceptors (Lipinski definition) is 2. The van der Waals surface area contributed by atoms with E-state index in [9.17, 15) is 4.79 Å². The van der Waals surface area contributed by atoms with E-state index in [0.29, 0.717) is 10.9 Å². The van der Waals surface area contributed by atoms with Crippen LogP contribution in [0.5, 0.6) is 0 Å². The van der Waals surface area contributed by atoms with Gasteiger partial charge in [0.15, 0.2) is 0 Å². The Hall–Kier alpha value is -0.640. The maximum atomic E-state index is 11.7. The van der Waals surface area contributed by atoms with Crippen LogP contribution in [0.3, 0.4) is 0 Å². The highest BCUT2D eigenvalue weighted by atomic mass is 32.1. The van der Waals surface area contributed by atoms with Crippen molar-refractivity contribution in [2.24, 2.45) is 23.5 Å². The topological polar surface area (TPSA) is 55.1 Å². The number of hydrogen-bond donors (Lipinski definition) is 2. The van der Waals surface area contributed by atoms with Crippen molar-refractivity contribution in [1.29, 1.82) is 0 Å². The Morgan fingerprint density at radius 3 is 2.50 bits per heavy atom. The van der Waals surface area contributed by atoms with Crippen molar-refractivity contribution >= 4 is 23.1 Å². The SMILES string of the molecule is CC(C)C(C(=O)NCC1CC1)C(N)=S. The zero-order chi connectivity index (χ0) is 10.7. The van der Waals surface area contributed by atoms with E-state index in [4.69, 9.17) is 18.0 Å². The second-order valence-electron chi connectivity index (χ2n) is 4.31. The molecule has 0 saturated heterocycles. The minimum Gasteiger partial charge on any atom is -0.393 e. The van der Waals surface area contributed by atoms with Gasteiger partial charge in [-0.25, -0.2) is 0 Å². The maximum absolute atomic E-state index is 11.7. The fourth-order valence-corrected chi connectivity index (χ4v) is 1.82. The summed E-state index contributed by atoms with van der Waals surface area (Å²) in [6.45, 7) is 4.70. The Labute approximate surface area is 90.4 Å². The number of carbonyl (C=O) groups excluding carboxylic acids is 1. The molecule has 0 aliphatic heterocycles. The molecule has 1 aliphatic rings. The predicted octanol–water partition coefficient (Wildman–Crippen LogP) is 1.07. The summed E-state index contributed by atoms with van der Waals surface area (Å²) >= 11 is 4.88. The van der Waals surface area contributed by atoms with Gasteiger partial charge in [-0.1, -0.05) is 26.1 Å². The molecule has 0 aromatic carbocycles. The first kappa shape index (κ1) is 11.4. The third kappa shape index (κ3) is 3.25. The molecule has 3 N–H and O–H groups in total. The largest absolute Gasteiger partial charge is 0.393 e. The number of rotatable bonds is 5. The standard InChI is InChI=1S/C10H18N2OS/c1-6(2)8(9(11)14)10(13)12-5-7-3-4-7/h6-8H,3-5H2,1-2H3,(H2,11,14)(H,12,13). The molecule has 1 atom stereocenters. The lowest BCUT2D eigenvalue weighted by Crippen LogP contribution is -2.41. The van der Waals surface area contributed by atoms with Gasteiger partial charge >= 0.3 is 0 Å². The maximum Gasteiger partial charge on any atom is 0.230 e. The molecule has 0 bridgehead atoms. The van der Waals surface area contributed by atoms with Crippen LogP contribution in [0.1, 0.15) is 26.7 Å². The zero-order valence-corrected chi connectivity index (χ0v) is 9.56. The molecular formula is C10H18N2OS. The van der Waals surface area contributed by atoms with Crippen LogP contribution in [0.2, 0.25) is 0 Å². The molecule has 0 radical (unpaired) electrons. The fraction of sp³-hybridized carbons (Fsp3) is 0.800. The highest BCUT2D eigenvalue weighted by Crippen LogP contribution is 2.27. The molecular weight excluding hydrogens is 196 g/mol. The highest BCUT2D eigenvalue weighted by Gasteiger charge is 2.27. The van der Waals surface area contributed by atoms with Crippen molar-refractivity contribution in [2.75, 3.05) is 6.54 Å². The first-order chi connectivity index (χ1) is 6.52. The molecule has 3 nitrogen and oxygen atoms in total. The van der Waals surface area contributed by atoms with Crippen LogP contribution in [0, 0.1) is 17.8 Å². The van der Waals surface area contributed by atoms with Gasteiger partial charge in [-0.05, 0) is 24.7 Å². The zero-order valence-electron chi connectivity index (χ0n) is 8.75. The van der Waals surface area contributed by atoms with Crippen molar-refractivity contribution in [3.05, 3.63) is 0 Å². The molecule has 0 aromatic rings. The lowest BCUT2D eigenvalue weighted by Gasteiger charge is -2.18. The summed E-state index contributed by atoms with van der Waals surface area (Å²) in [5.74, 6) is 0.535. The van der Waals surface area contributed by atoms with Crippen molar-refractivity contribution in [1.82, 2.24) is 5.32 Å². The summed E-state index contributed by atoms with van der Waals surface area (Å²) in [5.41, 5.74) is 5.53. The van der Waals surface area contributed by atoms with Gasteiger partial charge in [0.25, 0.3) is 0 Å². The van der Waals surface area contributed by atoms with E-state index in [2.05, 4.69) is 5.32 Å². The number of nitrogens with two attached hydrogens (primary N) is 1. The minimum absolute atomic E-state index is 0.0144. The molecule has 1 saturated carbocycles. The minimum atomic E-state index is -0.316. The van der Waals surface area contributed by atoms with E-state index in [-0.39, 0.29) is 17.7 Å². The first-order valence-electron chi connectivity index (χ1n) is 5.09. The van der Waals surface area contributed by atoms with Gasteiger partial charge < -0.3 is 11.1 Å². The molecule has 1 amide bonds. The Morgan fingerprint density at radius 2 is 2.14 bits per heavy atom. The summed E-state index contributed by atoms with van der Waals surface area (Å²) < 4.78 is 0. The normalized spacial score (nSPS) is 17.9. The second kappa shape index (κ2) is 4.73. The van der Waals surface area contributed by atoms with E-state index in [0.717, 1.165) is 6.54 Å². The van der Waals surface area contributed by atoms with Gasteiger partial charge in [-0.3, -0.25) is 4.79 Å². The van der Waals surface area contributed by atoms with E-state index in [1.165, 1.54) is 12.8 Å². The Kier molecular flexibility index (Phi) is 3.86. The third-order valence-corrected chi connectivity index (χ3v) is 2.77. The summed E-state index contributed by atoms with van der Waals surface area (Å²) in [5, 5.41) is 2.90.